The van der Waals surface area contributed by atoms with Crippen LogP contribution in [-0.2, 0) is 17.6 Å². The summed E-state index contributed by atoms with van der Waals surface area (Å²) in [6.45, 7) is 5.75. The van der Waals surface area contributed by atoms with Gasteiger partial charge in [-0.25, -0.2) is 4.79 Å². The zero-order valence-corrected chi connectivity index (χ0v) is 12.8. The lowest BCUT2D eigenvalue weighted by atomic mass is 9.98. The third-order valence-electron chi connectivity index (χ3n) is 4.73. The van der Waals surface area contributed by atoms with E-state index in [4.69, 9.17) is 4.74 Å². The van der Waals surface area contributed by atoms with Gasteiger partial charge in [-0.2, -0.15) is 0 Å². The largest absolute Gasteiger partial charge is 0.381 e. The molecule has 0 unspecified atom stereocenters. The van der Waals surface area contributed by atoms with Crippen molar-refractivity contribution in [3.63, 3.8) is 0 Å². The van der Waals surface area contributed by atoms with E-state index in [0.717, 1.165) is 32.5 Å². The molecule has 114 valence electrons. The van der Waals surface area contributed by atoms with Crippen LogP contribution in [0.1, 0.15) is 31.4 Å². The molecule has 1 heterocycles. The molecule has 4 nitrogen and oxygen atoms in total. The van der Waals surface area contributed by atoms with Crippen LogP contribution in [0.5, 0.6) is 0 Å². The van der Waals surface area contributed by atoms with Crippen molar-refractivity contribution in [2.45, 2.75) is 44.7 Å². The van der Waals surface area contributed by atoms with Gasteiger partial charge in [0.1, 0.15) is 0 Å². The van der Waals surface area contributed by atoms with E-state index in [1.165, 1.54) is 11.1 Å². The highest BCUT2D eigenvalue weighted by molar-refractivity contribution is 5.75. The second kappa shape index (κ2) is 5.68. The lowest BCUT2D eigenvalue weighted by molar-refractivity contribution is 0.177. The summed E-state index contributed by atoms with van der Waals surface area (Å²) in [6.07, 6.45) is 2.83. The van der Waals surface area contributed by atoms with Crippen LogP contribution in [0.4, 0.5) is 4.79 Å². The van der Waals surface area contributed by atoms with Gasteiger partial charge in [0.05, 0.1) is 6.61 Å². The van der Waals surface area contributed by atoms with E-state index in [2.05, 4.69) is 48.7 Å². The molecule has 1 aliphatic heterocycles. The van der Waals surface area contributed by atoms with E-state index < -0.39 is 0 Å². The molecule has 1 aromatic carbocycles. The van der Waals surface area contributed by atoms with Gasteiger partial charge in [0.25, 0.3) is 0 Å². The highest BCUT2D eigenvalue weighted by Crippen LogP contribution is 2.29. The Morgan fingerprint density at radius 2 is 2.00 bits per heavy atom. The van der Waals surface area contributed by atoms with Crippen LogP contribution in [0.15, 0.2) is 24.3 Å². The fourth-order valence-corrected chi connectivity index (χ4v) is 3.48. The summed E-state index contributed by atoms with van der Waals surface area (Å²) in [5.74, 6) is 0.435. The fourth-order valence-electron chi connectivity index (χ4n) is 3.48. The van der Waals surface area contributed by atoms with Crippen molar-refractivity contribution in [1.29, 1.82) is 0 Å². The van der Waals surface area contributed by atoms with Gasteiger partial charge >= 0.3 is 6.03 Å². The molecule has 0 aromatic heterocycles. The van der Waals surface area contributed by atoms with E-state index in [-0.39, 0.29) is 17.6 Å². The maximum Gasteiger partial charge on any atom is 0.315 e. The number of hydrogen-bond donors (Lipinski definition) is 2. The SMILES string of the molecule is C[C@H](NC(=O)NC1(C)Cc2ccccc2C1)[C@@H]1CCOC1. The summed E-state index contributed by atoms with van der Waals surface area (Å²) in [6, 6.07) is 8.52. The first-order chi connectivity index (χ1) is 10.1. The first-order valence-corrected chi connectivity index (χ1v) is 7.79. The maximum absolute atomic E-state index is 12.3. The number of benzene rings is 1. The zero-order chi connectivity index (χ0) is 14.9. The van der Waals surface area contributed by atoms with Gasteiger partial charge in [0.15, 0.2) is 0 Å². The standard InChI is InChI=1S/C17H24N2O2/c1-12(15-7-8-21-11-15)18-16(20)19-17(2)9-13-5-3-4-6-14(13)10-17/h3-6,12,15H,7-11H2,1-2H3,(H2,18,19,20)/t12-,15+/m0/s1. The second-order valence-corrected chi connectivity index (χ2v) is 6.69. The predicted octanol–water partition coefficient (Wildman–Crippen LogP) is 2.27. The summed E-state index contributed by atoms with van der Waals surface area (Å²) >= 11 is 0. The van der Waals surface area contributed by atoms with Gasteiger partial charge in [0, 0.05) is 24.1 Å². The van der Waals surface area contributed by atoms with Crippen LogP contribution in [0.3, 0.4) is 0 Å². The Hall–Kier alpha value is -1.55. The van der Waals surface area contributed by atoms with Gasteiger partial charge in [-0.1, -0.05) is 24.3 Å². The summed E-state index contributed by atoms with van der Waals surface area (Å²) in [4.78, 5) is 12.3. The molecule has 1 saturated heterocycles. The van der Waals surface area contributed by atoms with Gasteiger partial charge in [-0.05, 0) is 44.2 Å². The molecule has 0 saturated carbocycles. The molecule has 1 aliphatic carbocycles. The molecule has 4 heteroatoms. The number of carbonyl (C=O) groups is 1. The average molecular weight is 288 g/mol. The number of rotatable bonds is 3. The first-order valence-electron chi connectivity index (χ1n) is 7.79. The van der Waals surface area contributed by atoms with Gasteiger partial charge in [0.2, 0.25) is 0 Å². The monoisotopic (exact) mass is 288 g/mol. The van der Waals surface area contributed by atoms with Crippen LogP contribution in [0.2, 0.25) is 0 Å². The van der Waals surface area contributed by atoms with Crippen LogP contribution >= 0.6 is 0 Å². The summed E-state index contributed by atoms with van der Waals surface area (Å²) < 4.78 is 5.38. The molecular formula is C17H24N2O2. The second-order valence-electron chi connectivity index (χ2n) is 6.69. The molecular weight excluding hydrogens is 264 g/mol. The Bertz CT molecular complexity index is 498. The average Bonchev–Trinajstić information content (AvgIpc) is 3.03. The molecule has 2 atom stereocenters. The summed E-state index contributed by atoms with van der Waals surface area (Å²) in [5.41, 5.74) is 2.51. The van der Waals surface area contributed by atoms with Crippen molar-refractivity contribution in [3.8, 4) is 0 Å². The van der Waals surface area contributed by atoms with Gasteiger partial charge in [-0.15, -0.1) is 0 Å². The van der Waals surface area contributed by atoms with Gasteiger partial charge in [-0.3, -0.25) is 0 Å². The predicted molar refractivity (Wildman–Crippen MR) is 82.3 cm³/mol. The minimum atomic E-state index is -0.181. The Morgan fingerprint density at radius 3 is 2.57 bits per heavy atom. The lowest BCUT2D eigenvalue weighted by Gasteiger charge is -2.28. The Morgan fingerprint density at radius 1 is 1.33 bits per heavy atom. The van der Waals surface area contributed by atoms with E-state index in [0.29, 0.717) is 5.92 Å². The number of carbonyl (C=O) groups excluding carboxylic acids is 1. The van der Waals surface area contributed by atoms with Crippen LogP contribution in [0.25, 0.3) is 0 Å². The molecule has 21 heavy (non-hydrogen) atoms. The third kappa shape index (κ3) is 3.21. The quantitative estimate of drug-likeness (QED) is 0.896. The van der Waals surface area contributed by atoms with Crippen LogP contribution in [0, 0.1) is 5.92 Å². The lowest BCUT2D eigenvalue weighted by Crippen LogP contribution is -2.53. The first kappa shape index (κ1) is 14.4. The number of amides is 2. The number of hydrogen-bond acceptors (Lipinski definition) is 2. The Labute approximate surface area is 126 Å². The minimum absolute atomic E-state index is 0.0651. The molecule has 1 aromatic rings. The molecule has 0 radical (unpaired) electrons. The number of urea groups is 1. The number of ether oxygens (including phenoxy) is 1. The normalized spacial score (nSPS) is 24.4. The van der Waals surface area contributed by atoms with E-state index in [1.54, 1.807) is 0 Å². The molecule has 2 N–H and O–H groups in total. The summed E-state index contributed by atoms with van der Waals surface area (Å²) in [7, 11) is 0. The van der Waals surface area contributed by atoms with Crippen molar-refractivity contribution in [2.75, 3.05) is 13.2 Å². The topological polar surface area (TPSA) is 50.4 Å². The van der Waals surface area contributed by atoms with Crippen molar-refractivity contribution < 1.29 is 9.53 Å². The van der Waals surface area contributed by atoms with E-state index in [9.17, 15) is 4.79 Å². The molecule has 2 amide bonds. The molecule has 2 aliphatic rings. The van der Waals surface area contributed by atoms with Crippen molar-refractivity contribution in [1.82, 2.24) is 10.6 Å². The zero-order valence-electron chi connectivity index (χ0n) is 12.8. The highest BCUT2D eigenvalue weighted by Gasteiger charge is 2.34. The molecule has 3 rings (SSSR count). The Kier molecular flexibility index (Phi) is 3.89. The fraction of sp³-hybridized carbons (Fsp3) is 0.588. The molecule has 1 fully saturated rings. The minimum Gasteiger partial charge on any atom is -0.381 e. The smallest absolute Gasteiger partial charge is 0.315 e. The number of fused-ring (bicyclic) bond motifs is 1. The van der Waals surface area contributed by atoms with Crippen molar-refractivity contribution >= 4 is 6.03 Å². The molecule has 0 spiro atoms. The van der Waals surface area contributed by atoms with Crippen LogP contribution < -0.4 is 10.6 Å². The van der Waals surface area contributed by atoms with Gasteiger partial charge < -0.3 is 15.4 Å². The van der Waals surface area contributed by atoms with E-state index >= 15 is 0 Å². The Balaban J connectivity index is 1.55. The van der Waals surface area contributed by atoms with Crippen LogP contribution in [-0.4, -0.2) is 30.8 Å². The maximum atomic E-state index is 12.3. The number of nitrogens with one attached hydrogen (secondary N) is 2. The van der Waals surface area contributed by atoms with Crippen molar-refractivity contribution in [2.24, 2.45) is 5.92 Å². The summed E-state index contributed by atoms with van der Waals surface area (Å²) in [5, 5.41) is 6.24. The highest BCUT2D eigenvalue weighted by atomic mass is 16.5. The van der Waals surface area contributed by atoms with Crippen molar-refractivity contribution in [3.05, 3.63) is 35.4 Å². The van der Waals surface area contributed by atoms with E-state index in [1.807, 2.05) is 0 Å². The molecule has 0 bridgehead atoms. The third-order valence-corrected chi connectivity index (χ3v) is 4.73.